The van der Waals surface area contributed by atoms with Crippen LogP contribution in [0.2, 0.25) is 0 Å². The first kappa shape index (κ1) is 11.0. The summed E-state index contributed by atoms with van der Waals surface area (Å²) in [5.41, 5.74) is 5.63. The van der Waals surface area contributed by atoms with Crippen molar-refractivity contribution in [3.63, 3.8) is 0 Å². The lowest BCUT2D eigenvalue weighted by Crippen LogP contribution is -2.16. The Hall–Kier alpha value is -0.0400. The summed E-state index contributed by atoms with van der Waals surface area (Å²) in [6.07, 6.45) is 5.23. The van der Waals surface area contributed by atoms with Gasteiger partial charge in [0.2, 0.25) is 0 Å². The number of nitrogens with two attached hydrogens (primary N) is 1. The third kappa shape index (κ3) is 5.25. The molecule has 0 aromatic carbocycles. The zero-order valence-electron chi connectivity index (χ0n) is 8.27. The van der Waals surface area contributed by atoms with E-state index in [0.717, 1.165) is 18.4 Å². The minimum atomic E-state index is 0.761. The Kier molecular flexibility index (Phi) is 6.63. The highest BCUT2D eigenvalue weighted by molar-refractivity contribution is 4.62. The highest BCUT2D eigenvalue weighted by Gasteiger charge is 2.08. The van der Waals surface area contributed by atoms with E-state index in [-0.39, 0.29) is 0 Å². The summed E-state index contributed by atoms with van der Waals surface area (Å²) in [5.74, 6) is 1.63. The summed E-state index contributed by atoms with van der Waals surface area (Å²) < 4.78 is 0. The van der Waals surface area contributed by atoms with Crippen LogP contribution in [0.1, 0.15) is 46.5 Å². The van der Waals surface area contributed by atoms with Crippen LogP contribution in [0.25, 0.3) is 0 Å². The van der Waals surface area contributed by atoms with Gasteiger partial charge in [0.25, 0.3) is 0 Å². The van der Waals surface area contributed by atoms with Gasteiger partial charge in [-0.05, 0) is 24.8 Å². The molecule has 0 aliphatic carbocycles. The Morgan fingerprint density at radius 2 is 1.91 bits per heavy atom. The zero-order valence-corrected chi connectivity index (χ0v) is 8.27. The Balaban J connectivity index is 3.44. The maximum Gasteiger partial charge on any atom is -0.00489 e. The lowest BCUT2D eigenvalue weighted by molar-refractivity contribution is 0.369. The van der Waals surface area contributed by atoms with Crippen LogP contribution in [0, 0.1) is 11.8 Å². The molecule has 1 nitrogen and oxygen atoms in total. The first-order valence-electron chi connectivity index (χ1n) is 4.94. The van der Waals surface area contributed by atoms with Gasteiger partial charge in [-0.25, -0.2) is 0 Å². The topological polar surface area (TPSA) is 26.0 Å². The van der Waals surface area contributed by atoms with Crippen LogP contribution in [0.5, 0.6) is 0 Å². The highest BCUT2D eigenvalue weighted by Crippen LogP contribution is 2.18. The molecular weight excluding hydrogens is 134 g/mol. The molecular formula is C10H23N. The summed E-state index contributed by atoms with van der Waals surface area (Å²) in [7, 11) is 0. The van der Waals surface area contributed by atoms with Crippen molar-refractivity contribution >= 4 is 0 Å². The summed E-state index contributed by atoms with van der Waals surface area (Å²) in [5, 5.41) is 0. The molecule has 0 aliphatic heterocycles. The Bertz CT molecular complexity index is 76.9. The second-order valence-electron chi connectivity index (χ2n) is 3.64. The van der Waals surface area contributed by atoms with Crippen LogP contribution in [0.15, 0.2) is 0 Å². The third-order valence-electron chi connectivity index (χ3n) is 2.43. The van der Waals surface area contributed by atoms with E-state index in [2.05, 4.69) is 20.8 Å². The molecule has 1 heteroatoms. The Morgan fingerprint density at radius 1 is 1.27 bits per heavy atom. The predicted molar refractivity (Wildman–Crippen MR) is 51.5 cm³/mol. The van der Waals surface area contributed by atoms with Gasteiger partial charge in [0.05, 0.1) is 0 Å². The largest absolute Gasteiger partial charge is 0.330 e. The first-order chi connectivity index (χ1) is 5.24. The molecule has 0 aliphatic rings. The van der Waals surface area contributed by atoms with Crippen LogP contribution < -0.4 is 5.73 Å². The quantitative estimate of drug-likeness (QED) is 0.630. The predicted octanol–water partition coefficient (Wildman–Crippen LogP) is 2.80. The van der Waals surface area contributed by atoms with Crippen molar-refractivity contribution in [1.29, 1.82) is 0 Å². The van der Waals surface area contributed by atoms with Gasteiger partial charge in [0, 0.05) is 0 Å². The van der Waals surface area contributed by atoms with E-state index in [4.69, 9.17) is 5.73 Å². The maximum absolute atomic E-state index is 5.63. The summed E-state index contributed by atoms with van der Waals surface area (Å²) >= 11 is 0. The molecule has 0 saturated heterocycles. The van der Waals surface area contributed by atoms with E-state index in [9.17, 15) is 0 Å². The van der Waals surface area contributed by atoms with Gasteiger partial charge in [-0.2, -0.15) is 0 Å². The average Bonchev–Trinajstić information content (AvgIpc) is 2.01. The minimum Gasteiger partial charge on any atom is -0.330 e. The normalized spacial score (nSPS) is 16.4. The fraction of sp³-hybridized carbons (Fsp3) is 1.00. The van der Waals surface area contributed by atoms with Crippen LogP contribution in [0.3, 0.4) is 0 Å². The second-order valence-corrected chi connectivity index (χ2v) is 3.64. The SMILES string of the molecule is CCC[C@@H](C)C[C@@H](CC)CN. The number of rotatable bonds is 6. The lowest BCUT2D eigenvalue weighted by atomic mass is 9.91. The molecule has 0 rings (SSSR count). The third-order valence-corrected chi connectivity index (χ3v) is 2.43. The van der Waals surface area contributed by atoms with Gasteiger partial charge in [0.15, 0.2) is 0 Å². The fourth-order valence-corrected chi connectivity index (χ4v) is 1.61. The van der Waals surface area contributed by atoms with Crippen molar-refractivity contribution in [2.24, 2.45) is 17.6 Å². The van der Waals surface area contributed by atoms with Gasteiger partial charge in [-0.3, -0.25) is 0 Å². The summed E-state index contributed by atoms with van der Waals surface area (Å²) in [6.45, 7) is 7.68. The molecule has 0 aromatic rings. The van der Waals surface area contributed by atoms with Crippen molar-refractivity contribution in [1.82, 2.24) is 0 Å². The monoisotopic (exact) mass is 157 g/mol. The number of hydrogen-bond donors (Lipinski definition) is 1. The van der Waals surface area contributed by atoms with Crippen LogP contribution in [0.4, 0.5) is 0 Å². The smallest absolute Gasteiger partial charge is 0.00489 e. The zero-order chi connectivity index (χ0) is 8.69. The molecule has 2 N–H and O–H groups in total. The lowest BCUT2D eigenvalue weighted by Gasteiger charge is -2.17. The molecule has 0 fully saturated rings. The second kappa shape index (κ2) is 6.66. The average molecular weight is 157 g/mol. The molecule has 0 unspecified atom stereocenters. The summed E-state index contributed by atoms with van der Waals surface area (Å²) in [4.78, 5) is 0. The van der Waals surface area contributed by atoms with Crippen LogP contribution in [-0.4, -0.2) is 6.54 Å². The molecule has 0 bridgehead atoms. The van der Waals surface area contributed by atoms with Gasteiger partial charge in [-0.1, -0.05) is 40.0 Å². The standard InChI is InChI=1S/C10H23N/c1-4-6-9(3)7-10(5-2)8-11/h9-10H,4-8,11H2,1-3H3/t9-,10-/m1/s1. The van der Waals surface area contributed by atoms with Crippen LogP contribution >= 0.6 is 0 Å². The van der Waals surface area contributed by atoms with Gasteiger partial charge >= 0.3 is 0 Å². The molecule has 0 amide bonds. The van der Waals surface area contributed by atoms with Crippen molar-refractivity contribution < 1.29 is 0 Å². The molecule has 2 atom stereocenters. The number of hydrogen-bond acceptors (Lipinski definition) is 1. The Labute approximate surface area is 71.4 Å². The molecule has 0 saturated carbocycles. The van der Waals surface area contributed by atoms with Crippen molar-refractivity contribution in [3.8, 4) is 0 Å². The molecule has 0 heterocycles. The van der Waals surface area contributed by atoms with Crippen molar-refractivity contribution in [2.45, 2.75) is 46.5 Å². The van der Waals surface area contributed by atoms with E-state index >= 15 is 0 Å². The highest BCUT2D eigenvalue weighted by atomic mass is 14.5. The van der Waals surface area contributed by atoms with E-state index in [0.29, 0.717) is 0 Å². The molecule has 0 radical (unpaired) electrons. The van der Waals surface area contributed by atoms with Gasteiger partial charge in [0.1, 0.15) is 0 Å². The van der Waals surface area contributed by atoms with E-state index in [1.807, 2.05) is 0 Å². The van der Waals surface area contributed by atoms with Gasteiger partial charge in [-0.15, -0.1) is 0 Å². The molecule has 68 valence electrons. The molecule has 11 heavy (non-hydrogen) atoms. The Morgan fingerprint density at radius 3 is 2.27 bits per heavy atom. The summed E-state index contributed by atoms with van der Waals surface area (Å²) in [6, 6.07) is 0. The van der Waals surface area contributed by atoms with Gasteiger partial charge < -0.3 is 5.73 Å². The van der Waals surface area contributed by atoms with E-state index in [1.165, 1.54) is 25.7 Å². The molecule has 0 aromatic heterocycles. The first-order valence-corrected chi connectivity index (χ1v) is 4.94. The van der Waals surface area contributed by atoms with Crippen LogP contribution in [-0.2, 0) is 0 Å². The van der Waals surface area contributed by atoms with Crippen molar-refractivity contribution in [3.05, 3.63) is 0 Å². The van der Waals surface area contributed by atoms with E-state index < -0.39 is 0 Å². The fourth-order valence-electron chi connectivity index (χ4n) is 1.61. The molecule has 0 spiro atoms. The maximum atomic E-state index is 5.63. The van der Waals surface area contributed by atoms with Crippen molar-refractivity contribution in [2.75, 3.05) is 6.54 Å². The van der Waals surface area contributed by atoms with E-state index in [1.54, 1.807) is 0 Å². The minimum absolute atomic E-state index is 0.761.